The Balaban J connectivity index is 1.99. The number of aromatic nitrogens is 3. The third kappa shape index (κ3) is 1.88. The predicted molar refractivity (Wildman–Crippen MR) is 47.9 cm³/mol. The summed E-state index contributed by atoms with van der Waals surface area (Å²) in [4.78, 5) is 3.97. The molecule has 0 spiro atoms. The van der Waals surface area contributed by atoms with Gasteiger partial charge in [0.05, 0.1) is 0 Å². The van der Waals surface area contributed by atoms with E-state index in [2.05, 4.69) is 15.2 Å². The summed E-state index contributed by atoms with van der Waals surface area (Å²) in [5.74, 6) is 0.994. The second kappa shape index (κ2) is 3.87. The largest absolute Gasteiger partial charge is 0.385 e. The minimum Gasteiger partial charge on any atom is -0.385 e. The van der Waals surface area contributed by atoms with Crippen molar-refractivity contribution in [3.8, 4) is 0 Å². The SMILES string of the molecule is O[C@@H](c1ncn[nH]1)C1CCCCC1. The molecule has 1 heterocycles. The van der Waals surface area contributed by atoms with Crippen LogP contribution in [0.15, 0.2) is 6.33 Å². The van der Waals surface area contributed by atoms with E-state index >= 15 is 0 Å². The van der Waals surface area contributed by atoms with E-state index in [1.807, 2.05) is 0 Å². The number of hydrogen-bond donors (Lipinski definition) is 2. The van der Waals surface area contributed by atoms with Gasteiger partial charge in [0, 0.05) is 0 Å². The third-order valence-electron chi connectivity index (χ3n) is 2.81. The minimum atomic E-state index is -0.442. The van der Waals surface area contributed by atoms with E-state index in [-0.39, 0.29) is 0 Å². The topological polar surface area (TPSA) is 61.8 Å². The first kappa shape index (κ1) is 8.69. The molecule has 0 aromatic carbocycles. The Bertz CT molecular complexity index is 241. The minimum absolute atomic E-state index is 0.377. The number of nitrogens with one attached hydrogen (secondary N) is 1. The van der Waals surface area contributed by atoms with Crippen LogP contribution in [0, 0.1) is 5.92 Å². The molecule has 1 atom stereocenters. The molecule has 13 heavy (non-hydrogen) atoms. The first-order valence-corrected chi connectivity index (χ1v) is 4.91. The van der Waals surface area contributed by atoms with Crippen LogP contribution >= 0.6 is 0 Å². The fourth-order valence-corrected chi connectivity index (χ4v) is 2.03. The normalized spacial score (nSPS) is 21.6. The number of H-pyrrole nitrogens is 1. The number of rotatable bonds is 2. The van der Waals surface area contributed by atoms with E-state index in [1.165, 1.54) is 25.6 Å². The molecule has 0 aliphatic heterocycles. The van der Waals surface area contributed by atoms with Crippen molar-refractivity contribution in [3.63, 3.8) is 0 Å². The maximum Gasteiger partial charge on any atom is 0.153 e. The summed E-state index contributed by atoms with van der Waals surface area (Å²) in [6.45, 7) is 0. The molecular weight excluding hydrogens is 166 g/mol. The average Bonchev–Trinajstić information content (AvgIpc) is 2.71. The Kier molecular flexibility index (Phi) is 2.59. The van der Waals surface area contributed by atoms with Gasteiger partial charge in [0.25, 0.3) is 0 Å². The quantitative estimate of drug-likeness (QED) is 0.725. The molecule has 0 amide bonds. The highest BCUT2D eigenvalue weighted by Gasteiger charge is 2.24. The summed E-state index contributed by atoms with van der Waals surface area (Å²) in [5, 5.41) is 16.4. The Morgan fingerprint density at radius 1 is 1.38 bits per heavy atom. The van der Waals surface area contributed by atoms with Gasteiger partial charge in [0.1, 0.15) is 12.4 Å². The van der Waals surface area contributed by atoms with E-state index < -0.39 is 6.10 Å². The molecule has 4 heteroatoms. The summed E-state index contributed by atoms with van der Waals surface area (Å²) in [6.07, 6.45) is 7.00. The van der Waals surface area contributed by atoms with E-state index in [9.17, 15) is 5.11 Å². The molecule has 0 radical (unpaired) electrons. The molecule has 1 aromatic rings. The van der Waals surface area contributed by atoms with Gasteiger partial charge < -0.3 is 5.11 Å². The molecule has 4 nitrogen and oxygen atoms in total. The van der Waals surface area contributed by atoms with Gasteiger partial charge in [0.15, 0.2) is 5.82 Å². The van der Waals surface area contributed by atoms with Gasteiger partial charge in [-0.15, -0.1) is 0 Å². The van der Waals surface area contributed by atoms with Crippen molar-refractivity contribution in [2.24, 2.45) is 5.92 Å². The van der Waals surface area contributed by atoms with Gasteiger partial charge in [-0.2, -0.15) is 5.10 Å². The van der Waals surface area contributed by atoms with Crippen molar-refractivity contribution in [1.82, 2.24) is 15.2 Å². The maximum atomic E-state index is 9.90. The van der Waals surface area contributed by atoms with E-state index in [0.29, 0.717) is 11.7 Å². The summed E-state index contributed by atoms with van der Waals surface area (Å²) in [6, 6.07) is 0. The van der Waals surface area contributed by atoms with Crippen LogP contribution in [0.25, 0.3) is 0 Å². The first-order chi connectivity index (χ1) is 6.38. The molecule has 2 rings (SSSR count). The zero-order chi connectivity index (χ0) is 9.10. The van der Waals surface area contributed by atoms with Crippen LogP contribution < -0.4 is 0 Å². The Labute approximate surface area is 77.4 Å². The van der Waals surface area contributed by atoms with Crippen LogP contribution in [0.3, 0.4) is 0 Å². The van der Waals surface area contributed by atoms with Gasteiger partial charge in [-0.1, -0.05) is 19.3 Å². The molecule has 1 aromatic heterocycles. The summed E-state index contributed by atoms with van der Waals surface area (Å²) < 4.78 is 0. The van der Waals surface area contributed by atoms with Crippen LogP contribution in [0.5, 0.6) is 0 Å². The highest BCUT2D eigenvalue weighted by atomic mass is 16.3. The summed E-state index contributed by atoms with van der Waals surface area (Å²) in [7, 11) is 0. The molecule has 1 saturated carbocycles. The molecule has 72 valence electrons. The van der Waals surface area contributed by atoms with Crippen LogP contribution in [0.2, 0.25) is 0 Å². The van der Waals surface area contributed by atoms with Crippen molar-refractivity contribution < 1.29 is 5.11 Å². The Hall–Kier alpha value is -0.900. The van der Waals surface area contributed by atoms with Crippen molar-refractivity contribution in [2.75, 3.05) is 0 Å². The van der Waals surface area contributed by atoms with Gasteiger partial charge >= 0.3 is 0 Å². The number of aliphatic hydroxyl groups excluding tert-OH is 1. The van der Waals surface area contributed by atoms with Gasteiger partial charge in [-0.25, -0.2) is 4.98 Å². The molecule has 1 fully saturated rings. The lowest BCUT2D eigenvalue weighted by atomic mass is 9.85. The number of aromatic amines is 1. The highest BCUT2D eigenvalue weighted by Crippen LogP contribution is 2.32. The van der Waals surface area contributed by atoms with Gasteiger partial charge in [0.2, 0.25) is 0 Å². The second-order valence-electron chi connectivity index (χ2n) is 3.71. The van der Waals surface area contributed by atoms with E-state index in [0.717, 1.165) is 12.8 Å². The zero-order valence-corrected chi connectivity index (χ0v) is 7.61. The highest BCUT2D eigenvalue weighted by molar-refractivity contribution is 4.90. The lowest BCUT2D eigenvalue weighted by Gasteiger charge is -2.24. The van der Waals surface area contributed by atoms with E-state index in [4.69, 9.17) is 0 Å². The van der Waals surface area contributed by atoms with Crippen LogP contribution in [0.4, 0.5) is 0 Å². The summed E-state index contributed by atoms with van der Waals surface area (Å²) in [5.41, 5.74) is 0. The zero-order valence-electron chi connectivity index (χ0n) is 7.61. The van der Waals surface area contributed by atoms with Crippen LogP contribution in [-0.4, -0.2) is 20.3 Å². The van der Waals surface area contributed by atoms with E-state index in [1.54, 1.807) is 0 Å². The molecular formula is C9H15N3O. The number of hydrogen-bond acceptors (Lipinski definition) is 3. The average molecular weight is 181 g/mol. The number of nitrogens with zero attached hydrogens (tertiary/aromatic N) is 2. The molecule has 0 unspecified atom stereocenters. The standard InChI is InChI=1S/C9H15N3O/c13-8(9-10-6-11-12-9)7-4-2-1-3-5-7/h6-8,13H,1-5H2,(H,10,11,12)/t8-/m1/s1. The lowest BCUT2D eigenvalue weighted by molar-refractivity contribution is 0.0774. The Morgan fingerprint density at radius 3 is 2.77 bits per heavy atom. The van der Waals surface area contributed by atoms with Crippen LogP contribution in [-0.2, 0) is 0 Å². The van der Waals surface area contributed by atoms with Gasteiger partial charge in [-0.05, 0) is 18.8 Å². The van der Waals surface area contributed by atoms with Crippen molar-refractivity contribution >= 4 is 0 Å². The van der Waals surface area contributed by atoms with Crippen molar-refractivity contribution in [2.45, 2.75) is 38.2 Å². The Morgan fingerprint density at radius 2 is 2.15 bits per heavy atom. The fourth-order valence-electron chi connectivity index (χ4n) is 2.03. The molecule has 0 saturated heterocycles. The molecule has 1 aliphatic rings. The molecule has 0 bridgehead atoms. The van der Waals surface area contributed by atoms with Gasteiger partial charge in [-0.3, -0.25) is 5.10 Å². The fraction of sp³-hybridized carbons (Fsp3) is 0.778. The smallest absolute Gasteiger partial charge is 0.153 e. The monoisotopic (exact) mass is 181 g/mol. The first-order valence-electron chi connectivity index (χ1n) is 4.91. The van der Waals surface area contributed by atoms with Crippen molar-refractivity contribution in [3.05, 3.63) is 12.2 Å². The third-order valence-corrected chi connectivity index (χ3v) is 2.81. The maximum absolute atomic E-state index is 9.90. The lowest BCUT2D eigenvalue weighted by Crippen LogP contribution is -2.17. The van der Waals surface area contributed by atoms with Crippen molar-refractivity contribution in [1.29, 1.82) is 0 Å². The second-order valence-corrected chi connectivity index (χ2v) is 3.71. The molecule has 1 aliphatic carbocycles. The summed E-state index contributed by atoms with van der Waals surface area (Å²) >= 11 is 0. The van der Waals surface area contributed by atoms with Crippen LogP contribution in [0.1, 0.15) is 44.0 Å². The number of aliphatic hydroxyl groups is 1. The molecule has 2 N–H and O–H groups in total. The predicted octanol–water partition coefficient (Wildman–Crippen LogP) is 1.42.